The number of fused-ring (bicyclic) bond motifs is 1. The third-order valence-corrected chi connectivity index (χ3v) is 4.01. The van der Waals surface area contributed by atoms with Crippen molar-refractivity contribution in [2.24, 2.45) is 0 Å². The van der Waals surface area contributed by atoms with Gasteiger partial charge in [-0.15, -0.1) is 0 Å². The highest BCUT2D eigenvalue weighted by Crippen LogP contribution is 2.19. The predicted octanol–water partition coefficient (Wildman–Crippen LogP) is 0.534. The molecule has 3 heterocycles. The summed E-state index contributed by atoms with van der Waals surface area (Å²) in [5, 5.41) is 9.10. The molecule has 7 nitrogen and oxygen atoms in total. The molecule has 1 aromatic rings. The number of rotatable bonds is 2. The van der Waals surface area contributed by atoms with Gasteiger partial charge in [0.05, 0.1) is 18.8 Å². The molecular weight excluding hydrogens is 274 g/mol. The minimum atomic E-state index is -1.03. The van der Waals surface area contributed by atoms with Crippen LogP contribution in [-0.2, 0) is 22.5 Å². The van der Waals surface area contributed by atoms with Gasteiger partial charge in [-0.05, 0) is 19.8 Å². The van der Waals surface area contributed by atoms with E-state index in [0.29, 0.717) is 12.2 Å². The summed E-state index contributed by atoms with van der Waals surface area (Å²) < 4.78 is 7.30. The maximum absolute atomic E-state index is 12.7. The Labute approximate surface area is 122 Å². The molecule has 0 unspecified atom stereocenters. The molecular formula is C14H19N3O4. The third-order valence-electron chi connectivity index (χ3n) is 4.01. The molecule has 0 saturated carbocycles. The number of imidazole rings is 1. The molecule has 21 heavy (non-hydrogen) atoms. The standard InChI is InChI=1S/C14H19N3O4/c1-9-7-16(8-11(21-9)14(19)20)13(18)10-6-15-12-4-2-3-5-17(10)12/h6,9,11H,2-5,7-8H2,1H3,(H,19,20)/t9-,11-/m1/s1. The zero-order chi connectivity index (χ0) is 15.0. The zero-order valence-electron chi connectivity index (χ0n) is 12.0. The summed E-state index contributed by atoms with van der Waals surface area (Å²) in [4.78, 5) is 29.6. The molecule has 1 saturated heterocycles. The Morgan fingerprint density at radius 2 is 2.19 bits per heavy atom. The van der Waals surface area contributed by atoms with Crippen LogP contribution in [0.4, 0.5) is 0 Å². The molecule has 2 atom stereocenters. The lowest BCUT2D eigenvalue weighted by Gasteiger charge is -2.35. The number of carboxylic acids is 1. The Morgan fingerprint density at radius 1 is 1.38 bits per heavy atom. The minimum absolute atomic E-state index is 0.0824. The summed E-state index contributed by atoms with van der Waals surface area (Å²) in [5.41, 5.74) is 0.558. The van der Waals surface area contributed by atoms with Crippen molar-refractivity contribution in [3.63, 3.8) is 0 Å². The number of ether oxygens (including phenoxy) is 1. The van der Waals surface area contributed by atoms with Gasteiger partial charge in [-0.2, -0.15) is 0 Å². The van der Waals surface area contributed by atoms with E-state index < -0.39 is 12.1 Å². The molecule has 2 aliphatic heterocycles. The Hall–Kier alpha value is -1.89. The highest BCUT2D eigenvalue weighted by molar-refractivity contribution is 5.93. The highest BCUT2D eigenvalue weighted by atomic mass is 16.5. The summed E-state index contributed by atoms with van der Waals surface area (Å²) in [7, 11) is 0. The lowest BCUT2D eigenvalue weighted by molar-refractivity contribution is -0.160. The SMILES string of the molecule is C[C@@H]1CN(C(=O)c2cnc3n2CCCC3)C[C@H](C(=O)O)O1. The van der Waals surface area contributed by atoms with Gasteiger partial charge in [0.1, 0.15) is 11.5 Å². The van der Waals surface area contributed by atoms with E-state index in [4.69, 9.17) is 9.84 Å². The summed E-state index contributed by atoms with van der Waals surface area (Å²) in [6.45, 7) is 3.07. The summed E-state index contributed by atoms with van der Waals surface area (Å²) in [6.07, 6.45) is 3.40. The second kappa shape index (κ2) is 5.48. The average molecular weight is 293 g/mol. The number of aromatic nitrogens is 2. The first-order valence-corrected chi connectivity index (χ1v) is 7.28. The molecule has 1 amide bonds. The number of morpholine rings is 1. The number of hydrogen-bond acceptors (Lipinski definition) is 4. The second-order valence-electron chi connectivity index (χ2n) is 5.65. The number of hydrogen-bond donors (Lipinski definition) is 1. The third kappa shape index (κ3) is 2.65. The quantitative estimate of drug-likeness (QED) is 0.860. The number of nitrogens with zero attached hydrogens (tertiary/aromatic N) is 3. The van der Waals surface area contributed by atoms with Crippen LogP contribution in [-0.4, -0.2) is 56.7 Å². The molecule has 1 fully saturated rings. The number of aliphatic carboxylic acids is 1. The average Bonchev–Trinajstić information content (AvgIpc) is 2.89. The van der Waals surface area contributed by atoms with Crippen LogP contribution in [0.5, 0.6) is 0 Å². The second-order valence-corrected chi connectivity index (χ2v) is 5.65. The van der Waals surface area contributed by atoms with Crippen molar-refractivity contribution in [2.75, 3.05) is 13.1 Å². The molecule has 0 radical (unpaired) electrons. The van der Waals surface area contributed by atoms with Crippen molar-refractivity contribution in [3.8, 4) is 0 Å². The first-order chi connectivity index (χ1) is 10.1. The summed E-state index contributed by atoms with van der Waals surface area (Å²) in [5.74, 6) is -0.243. The molecule has 7 heteroatoms. The van der Waals surface area contributed by atoms with E-state index >= 15 is 0 Å². The maximum Gasteiger partial charge on any atom is 0.334 e. The van der Waals surface area contributed by atoms with Crippen LogP contribution < -0.4 is 0 Å². The van der Waals surface area contributed by atoms with Crippen LogP contribution >= 0.6 is 0 Å². The van der Waals surface area contributed by atoms with E-state index in [-0.39, 0.29) is 18.6 Å². The molecule has 114 valence electrons. The van der Waals surface area contributed by atoms with Crippen LogP contribution in [0.15, 0.2) is 6.20 Å². The number of aryl methyl sites for hydroxylation is 1. The van der Waals surface area contributed by atoms with Crippen molar-refractivity contribution < 1.29 is 19.4 Å². The highest BCUT2D eigenvalue weighted by Gasteiger charge is 2.34. The fraction of sp³-hybridized carbons (Fsp3) is 0.643. The van der Waals surface area contributed by atoms with Crippen molar-refractivity contribution in [1.29, 1.82) is 0 Å². The lowest BCUT2D eigenvalue weighted by atomic mass is 10.1. The molecule has 1 aromatic heterocycles. The number of amides is 1. The van der Waals surface area contributed by atoms with Crippen LogP contribution in [0.3, 0.4) is 0 Å². The van der Waals surface area contributed by atoms with E-state index in [1.807, 2.05) is 4.57 Å². The minimum Gasteiger partial charge on any atom is -0.479 e. The molecule has 0 aromatic carbocycles. The van der Waals surface area contributed by atoms with Gasteiger partial charge >= 0.3 is 5.97 Å². The van der Waals surface area contributed by atoms with Crippen LogP contribution in [0, 0.1) is 0 Å². The van der Waals surface area contributed by atoms with Crippen LogP contribution in [0.25, 0.3) is 0 Å². The monoisotopic (exact) mass is 293 g/mol. The van der Waals surface area contributed by atoms with Crippen LogP contribution in [0.1, 0.15) is 36.1 Å². The predicted molar refractivity (Wildman–Crippen MR) is 73.0 cm³/mol. The Kier molecular flexibility index (Phi) is 3.67. The first-order valence-electron chi connectivity index (χ1n) is 7.28. The fourth-order valence-corrected chi connectivity index (χ4v) is 3.00. The van der Waals surface area contributed by atoms with Gasteiger partial charge in [-0.1, -0.05) is 0 Å². The molecule has 1 N–H and O–H groups in total. The van der Waals surface area contributed by atoms with Gasteiger partial charge in [0.25, 0.3) is 5.91 Å². The maximum atomic E-state index is 12.7. The molecule has 0 aliphatic carbocycles. The Bertz CT molecular complexity index is 569. The Balaban J connectivity index is 1.81. The van der Waals surface area contributed by atoms with E-state index in [1.165, 1.54) is 0 Å². The molecule has 3 rings (SSSR count). The van der Waals surface area contributed by atoms with Gasteiger partial charge in [0.15, 0.2) is 6.10 Å². The van der Waals surface area contributed by atoms with Gasteiger partial charge < -0.3 is 19.3 Å². The van der Waals surface area contributed by atoms with Gasteiger partial charge in [-0.25, -0.2) is 9.78 Å². The van der Waals surface area contributed by atoms with Gasteiger partial charge in [0, 0.05) is 19.5 Å². The van der Waals surface area contributed by atoms with Crippen molar-refractivity contribution >= 4 is 11.9 Å². The van der Waals surface area contributed by atoms with E-state index in [2.05, 4.69) is 4.98 Å². The van der Waals surface area contributed by atoms with Crippen LogP contribution in [0.2, 0.25) is 0 Å². The fourth-order valence-electron chi connectivity index (χ4n) is 3.00. The summed E-state index contributed by atoms with van der Waals surface area (Å²) >= 11 is 0. The van der Waals surface area contributed by atoms with Gasteiger partial charge in [-0.3, -0.25) is 4.79 Å². The van der Waals surface area contributed by atoms with E-state index in [9.17, 15) is 9.59 Å². The van der Waals surface area contributed by atoms with E-state index in [1.54, 1.807) is 18.0 Å². The van der Waals surface area contributed by atoms with E-state index in [0.717, 1.165) is 31.6 Å². The van der Waals surface area contributed by atoms with Gasteiger partial charge in [0.2, 0.25) is 0 Å². The van der Waals surface area contributed by atoms with Crippen molar-refractivity contribution in [1.82, 2.24) is 14.5 Å². The van der Waals surface area contributed by atoms with Crippen molar-refractivity contribution in [2.45, 2.75) is 44.9 Å². The molecule has 2 aliphatic rings. The van der Waals surface area contributed by atoms with Crippen molar-refractivity contribution in [3.05, 3.63) is 17.7 Å². The number of carbonyl (C=O) groups excluding carboxylic acids is 1. The number of carbonyl (C=O) groups is 2. The smallest absolute Gasteiger partial charge is 0.334 e. The topological polar surface area (TPSA) is 84.7 Å². The largest absolute Gasteiger partial charge is 0.479 e. The Morgan fingerprint density at radius 3 is 2.95 bits per heavy atom. The summed E-state index contributed by atoms with van der Waals surface area (Å²) in [6, 6.07) is 0. The lowest BCUT2D eigenvalue weighted by Crippen LogP contribution is -2.52. The number of carboxylic acid groups (broad SMARTS) is 1. The first kappa shape index (κ1) is 14.1. The normalized spacial score (nSPS) is 25.5. The zero-order valence-corrected chi connectivity index (χ0v) is 12.0. The molecule has 0 spiro atoms. The molecule has 0 bridgehead atoms.